The zero-order valence-electron chi connectivity index (χ0n) is 12.9. The summed E-state index contributed by atoms with van der Waals surface area (Å²) < 4.78 is 0. The minimum atomic E-state index is -0.313. The molecule has 0 saturated heterocycles. The van der Waals surface area contributed by atoms with E-state index >= 15 is 0 Å². The summed E-state index contributed by atoms with van der Waals surface area (Å²) in [6, 6.07) is 6.29. The van der Waals surface area contributed by atoms with Crippen molar-refractivity contribution < 1.29 is 9.59 Å². The number of nitrogens with one attached hydrogen (secondary N) is 1. The van der Waals surface area contributed by atoms with Gasteiger partial charge in [0.15, 0.2) is 0 Å². The number of imide groups is 1. The van der Waals surface area contributed by atoms with E-state index in [1.54, 1.807) is 0 Å². The fourth-order valence-electron chi connectivity index (χ4n) is 2.63. The lowest BCUT2D eigenvalue weighted by Crippen LogP contribution is -2.22. The summed E-state index contributed by atoms with van der Waals surface area (Å²) >= 11 is 0. The Morgan fingerprint density at radius 3 is 2.33 bits per heavy atom. The van der Waals surface area contributed by atoms with E-state index in [0.717, 1.165) is 31.2 Å². The number of benzene rings is 1. The molecule has 1 aliphatic rings. The van der Waals surface area contributed by atoms with E-state index in [1.165, 1.54) is 30.0 Å². The molecule has 1 aromatic rings. The zero-order chi connectivity index (χ0) is 15.2. The number of amides is 2. The molecule has 1 heterocycles. The fourth-order valence-corrected chi connectivity index (χ4v) is 2.63. The highest BCUT2D eigenvalue weighted by Gasteiger charge is 2.23. The van der Waals surface area contributed by atoms with Gasteiger partial charge in [0.25, 0.3) is 11.8 Å². The smallest absolute Gasteiger partial charge is 0.258 e. The maximum atomic E-state index is 11.9. The molecule has 0 fully saturated rings. The fraction of sp³-hybridized carbons (Fsp3) is 0.444. The highest BCUT2D eigenvalue weighted by Crippen LogP contribution is 2.25. The Morgan fingerprint density at radius 1 is 1.00 bits per heavy atom. The molecule has 0 bridgehead atoms. The second kappa shape index (κ2) is 7.21. The average molecular weight is 285 g/mol. The van der Waals surface area contributed by atoms with E-state index in [4.69, 9.17) is 0 Å². The monoisotopic (exact) mass is 285 g/mol. The molecule has 3 nitrogen and oxygen atoms in total. The first kappa shape index (κ1) is 15.5. The molecule has 0 atom stereocenters. The van der Waals surface area contributed by atoms with Crippen LogP contribution in [-0.2, 0) is 22.4 Å². The van der Waals surface area contributed by atoms with Crippen LogP contribution in [-0.4, -0.2) is 11.8 Å². The average Bonchev–Trinajstić information content (AvgIpc) is 2.81. The van der Waals surface area contributed by atoms with Gasteiger partial charge in [-0.05, 0) is 42.4 Å². The van der Waals surface area contributed by atoms with E-state index in [2.05, 4.69) is 31.3 Å². The van der Waals surface area contributed by atoms with Crippen molar-refractivity contribution in [1.29, 1.82) is 0 Å². The highest BCUT2D eigenvalue weighted by atomic mass is 16.2. The Balaban J connectivity index is 2.33. The van der Waals surface area contributed by atoms with Crippen molar-refractivity contribution in [2.75, 3.05) is 0 Å². The predicted molar refractivity (Wildman–Crippen MR) is 84.8 cm³/mol. The Labute approximate surface area is 126 Å². The van der Waals surface area contributed by atoms with Gasteiger partial charge in [-0.1, -0.05) is 44.9 Å². The lowest BCUT2D eigenvalue weighted by molar-refractivity contribution is -0.123. The van der Waals surface area contributed by atoms with Crippen LogP contribution in [0.5, 0.6) is 0 Å². The van der Waals surface area contributed by atoms with Crippen molar-refractivity contribution >= 4 is 17.4 Å². The molecule has 0 radical (unpaired) electrons. The van der Waals surface area contributed by atoms with Gasteiger partial charge in [0.2, 0.25) is 0 Å². The normalized spacial score (nSPS) is 14.3. The van der Waals surface area contributed by atoms with Crippen molar-refractivity contribution in [3.63, 3.8) is 0 Å². The number of carbonyl (C=O) groups excluding carboxylic acids is 2. The van der Waals surface area contributed by atoms with Crippen LogP contribution in [0.25, 0.3) is 5.57 Å². The maximum absolute atomic E-state index is 11.9. The minimum absolute atomic E-state index is 0.279. The van der Waals surface area contributed by atoms with E-state index in [-0.39, 0.29) is 11.8 Å². The topological polar surface area (TPSA) is 46.2 Å². The molecule has 0 aliphatic carbocycles. The van der Waals surface area contributed by atoms with E-state index in [1.807, 2.05) is 6.07 Å². The summed E-state index contributed by atoms with van der Waals surface area (Å²) in [7, 11) is 0. The third kappa shape index (κ3) is 3.81. The number of hydrogen-bond acceptors (Lipinski definition) is 2. The zero-order valence-corrected chi connectivity index (χ0v) is 12.9. The number of rotatable bonds is 7. The molecule has 0 spiro atoms. The molecular weight excluding hydrogens is 262 g/mol. The predicted octanol–water partition coefficient (Wildman–Crippen LogP) is 3.41. The molecule has 1 N–H and O–H groups in total. The first-order chi connectivity index (χ1) is 10.2. The Kier molecular flexibility index (Phi) is 5.32. The van der Waals surface area contributed by atoms with Crippen molar-refractivity contribution in [3.05, 3.63) is 41.0 Å². The molecular formula is C18H23NO2. The second-order valence-corrected chi connectivity index (χ2v) is 5.57. The molecule has 112 valence electrons. The van der Waals surface area contributed by atoms with Crippen LogP contribution in [0.15, 0.2) is 24.3 Å². The first-order valence-corrected chi connectivity index (χ1v) is 7.84. The summed E-state index contributed by atoms with van der Waals surface area (Å²) in [5.74, 6) is -0.592. The Morgan fingerprint density at radius 2 is 1.71 bits per heavy atom. The van der Waals surface area contributed by atoms with Crippen LogP contribution < -0.4 is 5.32 Å². The van der Waals surface area contributed by atoms with Crippen LogP contribution in [0.3, 0.4) is 0 Å². The molecule has 0 aromatic heterocycles. The van der Waals surface area contributed by atoms with Crippen molar-refractivity contribution in [2.24, 2.45) is 0 Å². The second-order valence-electron chi connectivity index (χ2n) is 5.57. The van der Waals surface area contributed by atoms with Gasteiger partial charge in [0, 0.05) is 6.08 Å². The lowest BCUT2D eigenvalue weighted by atomic mass is 9.93. The number of unbranched alkanes of at least 4 members (excludes halogenated alkanes) is 2. The van der Waals surface area contributed by atoms with E-state index in [0.29, 0.717) is 5.57 Å². The van der Waals surface area contributed by atoms with E-state index in [9.17, 15) is 9.59 Å². The molecule has 21 heavy (non-hydrogen) atoms. The van der Waals surface area contributed by atoms with Crippen LogP contribution in [0.2, 0.25) is 0 Å². The van der Waals surface area contributed by atoms with Crippen molar-refractivity contribution in [2.45, 2.75) is 52.4 Å². The standard InChI is InChI=1S/C18H23NO2/c1-3-5-7-13-9-10-15(14(11-13)8-6-4-2)16-12-17(20)19-18(16)21/h9-12H,3-8H2,1-2H3,(H,19,20,21). The van der Waals surface area contributed by atoms with E-state index < -0.39 is 0 Å². The number of aryl methyl sites for hydroxylation is 2. The van der Waals surface area contributed by atoms with Crippen LogP contribution >= 0.6 is 0 Å². The SMILES string of the molecule is CCCCc1ccc(C2=CC(=O)NC2=O)c(CCCC)c1. The third-order valence-corrected chi connectivity index (χ3v) is 3.84. The lowest BCUT2D eigenvalue weighted by Gasteiger charge is -2.12. The number of hydrogen-bond donors (Lipinski definition) is 1. The Bertz CT molecular complexity index is 573. The summed E-state index contributed by atoms with van der Waals surface area (Å²) in [6.45, 7) is 4.34. The first-order valence-electron chi connectivity index (χ1n) is 7.84. The summed E-state index contributed by atoms with van der Waals surface area (Å²) in [5.41, 5.74) is 3.92. The van der Waals surface area contributed by atoms with Crippen LogP contribution in [0, 0.1) is 0 Å². The van der Waals surface area contributed by atoms with Gasteiger partial charge in [-0.3, -0.25) is 14.9 Å². The summed E-state index contributed by atoms with van der Waals surface area (Å²) in [4.78, 5) is 23.2. The molecule has 3 heteroatoms. The van der Waals surface area contributed by atoms with Gasteiger partial charge < -0.3 is 0 Å². The van der Waals surface area contributed by atoms with Gasteiger partial charge in [0.1, 0.15) is 0 Å². The minimum Gasteiger partial charge on any atom is -0.289 e. The van der Waals surface area contributed by atoms with Crippen LogP contribution in [0.1, 0.15) is 56.2 Å². The van der Waals surface area contributed by atoms with Gasteiger partial charge in [-0.25, -0.2) is 0 Å². The van der Waals surface area contributed by atoms with Gasteiger partial charge in [-0.2, -0.15) is 0 Å². The largest absolute Gasteiger partial charge is 0.289 e. The molecule has 1 aliphatic heterocycles. The summed E-state index contributed by atoms with van der Waals surface area (Å²) in [5, 5.41) is 2.33. The number of carbonyl (C=O) groups is 2. The molecule has 2 rings (SSSR count). The highest BCUT2D eigenvalue weighted by molar-refractivity contribution is 6.33. The third-order valence-electron chi connectivity index (χ3n) is 3.84. The van der Waals surface area contributed by atoms with Gasteiger partial charge in [-0.15, -0.1) is 0 Å². The van der Waals surface area contributed by atoms with Gasteiger partial charge >= 0.3 is 0 Å². The quantitative estimate of drug-likeness (QED) is 0.780. The Hall–Kier alpha value is -1.90. The van der Waals surface area contributed by atoms with Gasteiger partial charge in [0.05, 0.1) is 5.57 Å². The van der Waals surface area contributed by atoms with Crippen LogP contribution in [0.4, 0.5) is 0 Å². The molecule has 2 amide bonds. The maximum Gasteiger partial charge on any atom is 0.258 e. The molecule has 1 aromatic carbocycles. The molecule has 0 saturated carbocycles. The van der Waals surface area contributed by atoms with Crippen molar-refractivity contribution in [1.82, 2.24) is 5.32 Å². The van der Waals surface area contributed by atoms with Crippen molar-refractivity contribution in [3.8, 4) is 0 Å². The molecule has 0 unspecified atom stereocenters. The summed E-state index contributed by atoms with van der Waals surface area (Å²) in [6.07, 6.45) is 7.99.